The molecule has 4 aromatic rings. The smallest absolute Gasteiger partial charge is 0.339 e. The number of aryl methyl sites for hydroxylation is 1. The molecule has 9 heteroatoms. The van der Waals surface area contributed by atoms with Gasteiger partial charge in [0.2, 0.25) is 11.8 Å². The van der Waals surface area contributed by atoms with Crippen molar-refractivity contribution >= 4 is 56.1 Å². The van der Waals surface area contributed by atoms with Crippen LogP contribution in [-0.2, 0) is 14.3 Å². The number of carbonyl (C=O) groups is 4. The Morgan fingerprint density at radius 3 is 2.33 bits per heavy atom. The first kappa shape index (κ1) is 28.5. The lowest BCUT2D eigenvalue weighted by Gasteiger charge is -2.16. The third-order valence-corrected chi connectivity index (χ3v) is 8.40. The summed E-state index contributed by atoms with van der Waals surface area (Å²) in [6, 6.07) is 19.0. The number of benzene rings is 3. The average molecular weight is 640 g/mol. The molecule has 0 radical (unpaired) electrons. The number of amides is 2. The molecular weight excluding hydrogens is 612 g/mol. The van der Waals surface area contributed by atoms with Gasteiger partial charge in [-0.05, 0) is 67.8 Å². The van der Waals surface area contributed by atoms with Gasteiger partial charge in [-0.25, -0.2) is 9.78 Å². The molecule has 0 spiro atoms. The highest BCUT2D eigenvalue weighted by atomic mass is 79.9. The molecule has 0 N–H and O–H groups in total. The Bertz CT molecular complexity index is 1810. The quantitative estimate of drug-likeness (QED) is 0.0988. The number of carbonyl (C=O) groups excluding carboxylic acids is 4. The van der Waals surface area contributed by atoms with Gasteiger partial charge in [-0.15, -0.1) is 0 Å². The zero-order chi connectivity index (χ0) is 30.2. The summed E-state index contributed by atoms with van der Waals surface area (Å²) in [5.41, 5.74) is 3.78. The number of imide groups is 1. The summed E-state index contributed by atoms with van der Waals surface area (Å²) in [5, 5.41) is 0.579. The molecule has 2 unspecified atom stereocenters. The van der Waals surface area contributed by atoms with Gasteiger partial charge in [-0.2, -0.15) is 0 Å². The Morgan fingerprint density at radius 1 is 0.953 bits per heavy atom. The predicted molar refractivity (Wildman–Crippen MR) is 165 cm³/mol. The van der Waals surface area contributed by atoms with E-state index in [9.17, 15) is 19.2 Å². The van der Waals surface area contributed by atoms with E-state index in [-0.39, 0.29) is 35.0 Å². The second-order valence-electron chi connectivity index (χ2n) is 10.6. The van der Waals surface area contributed by atoms with Crippen molar-refractivity contribution < 1.29 is 28.7 Å². The first-order chi connectivity index (χ1) is 20.7. The maximum atomic E-state index is 13.4. The molecule has 1 aromatic heterocycles. The number of fused-ring (bicyclic) bond motifs is 2. The molecule has 1 aliphatic carbocycles. The van der Waals surface area contributed by atoms with Crippen LogP contribution in [0.2, 0.25) is 0 Å². The molecule has 3 aromatic carbocycles. The summed E-state index contributed by atoms with van der Waals surface area (Å²) >= 11 is 3.50. The summed E-state index contributed by atoms with van der Waals surface area (Å²) in [5.74, 6) is -1.47. The molecule has 8 nitrogen and oxygen atoms in total. The highest BCUT2D eigenvalue weighted by Crippen LogP contribution is 2.38. The predicted octanol–water partition coefficient (Wildman–Crippen LogP) is 6.48. The molecule has 1 saturated heterocycles. The maximum Gasteiger partial charge on any atom is 0.339 e. The largest absolute Gasteiger partial charge is 0.497 e. The van der Waals surface area contributed by atoms with Gasteiger partial charge in [0, 0.05) is 21.0 Å². The van der Waals surface area contributed by atoms with E-state index in [1.54, 1.807) is 60.7 Å². The number of hydrogen-bond donors (Lipinski definition) is 0. The zero-order valence-electron chi connectivity index (χ0n) is 23.5. The lowest BCUT2D eigenvalue weighted by Crippen LogP contribution is -2.30. The number of ketones is 1. The molecule has 2 amide bonds. The lowest BCUT2D eigenvalue weighted by molar-refractivity contribution is -0.122. The Hall–Kier alpha value is -4.63. The first-order valence-corrected chi connectivity index (χ1v) is 14.6. The molecule has 1 aliphatic heterocycles. The minimum absolute atomic E-state index is 0.175. The SMILES string of the molecule is COc1cccc(C(=O)COC(=O)c2cc(-c3ccc(N4C(=O)C5CC=CCC5C4=O)cc3)nc3c(C)cc(Br)cc23)c1. The van der Waals surface area contributed by atoms with Crippen molar-refractivity contribution in [1.82, 2.24) is 4.98 Å². The number of allylic oxidation sites excluding steroid dienone is 2. The highest BCUT2D eigenvalue weighted by Gasteiger charge is 2.47. The van der Waals surface area contributed by atoms with Crippen molar-refractivity contribution in [3.05, 3.63) is 100 Å². The van der Waals surface area contributed by atoms with Crippen molar-refractivity contribution in [2.45, 2.75) is 19.8 Å². The fourth-order valence-corrected chi connectivity index (χ4v) is 6.27. The first-order valence-electron chi connectivity index (χ1n) is 13.8. The van der Waals surface area contributed by atoms with Gasteiger partial charge >= 0.3 is 5.97 Å². The van der Waals surface area contributed by atoms with Crippen molar-refractivity contribution in [1.29, 1.82) is 0 Å². The van der Waals surface area contributed by atoms with E-state index in [0.717, 1.165) is 10.0 Å². The summed E-state index contributed by atoms with van der Waals surface area (Å²) in [6.45, 7) is 1.45. The molecular formula is C34H27BrN2O6. The lowest BCUT2D eigenvalue weighted by atomic mass is 9.85. The number of aromatic nitrogens is 1. The van der Waals surface area contributed by atoms with Crippen molar-refractivity contribution in [2.75, 3.05) is 18.6 Å². The Morgan fingerprint density at radius 2 is 1.65 bits per heavy atom. The minimum atomic E-state index is -0.663. The zero-order valence-corrected chi connectivity index (χ0v) is 25.1. The fourth-order valence-electron chi connectivity index (χ4n) is 5.70. The number of halogens is 1. The number of hydrogen-bond acceptors (Lipinski definition) is 7. The van der Waals surface area contributed by atoms with Crippen LogP contribution >= 0.6 is 15.9 Å². The van der Waals surface area contributed by atoms with E-state index in [2.05, 4.69) is 15.9 Å². The standard InChI is InChI=1S/C34H27BrN2O6/c1-19-14-22(35)16-27-28(34(41)43-18-30(38)21-6-5-7-24(15-21)42-2)17-29(36-31(19)27)20-10-12-23(13-11-20)37-32(39)25-8-3-4-9-26(25)33(37)40/h3-7,10-17,25-26H,8-9,18H2,1-2H3. The van der Waals surface area contributed by atoms with Crippen LogP contribution in [0.15, 0.2) is 83.4 Å². The maximum absolute atomic E-state index is 13.4. The van der Waals surface area contributed by atoms with Gasteiger partial charge in [0.25, 0.3) is 0 Å². The fraction of sp³-hybridized carbons (Fsp3) is 0.206. The molecule has 0 saturated carbocycles. The number of ether oxygens (including phenoxy) is 2. The van der Waals surface area contributed by atoms with E-state index in [1.807, 2.05) is 25.1 Å². The molecule has 1 fully saturated rings. The van der Waals surface area contributed by atoms with Gasteiger partial charge in [-0.3, -0.25) is 19.3 Å². The number of rotatable bonds is 7. The molecule has 0 bridgehead atoms. The number of anilines is 1. The van der Waals surface area contributed by atoms with Crippen LogP contribution in [0.25, 0.3) is 22.2 Å². The summed E-state index contributed by atoms with van der Waals surface area (Å²) in [7, 11) is 1.51. The molecule has 2 atom stereocenters. The number of pyridine rings is 1. The second-order valence-corrected chi connectivity index (χ2v) is 11.5. The van der Waals surface area contributed by atoms with Crippen molar-refractivity contribution in [2.24, 2.45) is 11.8 Å². The van der Waals surface area contributed by atoms with E-state index in [0.29, 0.717) is 52.0 Å². The molecule has 2 heterocycles. The van der Waals surface area contributed by atoms with Crippen LogP contribution in [0.1, 0.15) is 39.1 Å². The number of methoxy groups -OCH3 is 1. The van der Waals surface area contributed by atoms with Crippen molar-refractivity contribution in [3.63, 3.8) is 0 Å². The molecule has 216 valence electrons. The second kappa shape index (κ2) is 11.6. The van der Waals surface area contributed by atoms with Crippen LogP contribution in [0.4, 0.5) is 5.69 Å². The van der Waals surface area contributed by atoms with Gasteiger partial charge in [0.15, 0.2) is 12.4 Å². The van der Waals surface area contributed by atoms with Gasteiger partial charge in [-0.1, -0.05) is 52.3 Å². The monoisotopic (exact) mass is 638 g/mol. The van der Waals surface area contributed by atoms with Crippen LogP contribution < -0.4 is 9.64 Å². The Kier molecular flexibility index (Phi) is 7.66. The number of Topliss-reactive ketones (excluding diaryl/α,β-unsaturated/α-hetero) is 1. The third-order valence-electron chi connectivity index (χ3n) is 7.94. The molecule has 6 rings (SSSR count). The Balaban J connectivity index is 1.30. The van der Waals surface area contributed by atoms with Gasteiger partial charge < -0.3 is 9.47 Å². The van der Waals surface area contributed by atoms with E-state index in [1.165, 1.54) is 12.0 Å². The minimum Gasteiger partial charge on any atom is -0.497 e. The third kappa shape index (κ3) is 5.36. The summed E-state index contributed by atoms with van der Waals surface area (Å²) < 4.78 is 11.5. The Labute approximate surface area is 256 Å². The van der Waals surface area contributed by atoms with Crippen molar-refractivity contribution in [3.8, 4) is 17.0 Å². The molecule has 43 heavy (non-hydrogen) atoms. The highest BCUT2D eigenvalue weighted by molar-refractivity contribution is 9.10. The van der Waals surface area contributed by atoms with Crippen LogP contribution in [0.5, 0.6) is 5.75 Å². The number of nitrogens with zero attached hydrogens (tertiary/aromatic N) is 2. The topological polar surface area (TPSA) is 103 Å². The van der Waals surface area contributed by atoms with E-state index >= 15 is 0 Å². The summed E-state index contributed by atoms with van der Waals surface area (Å²) in [4.78, 5) is 58.4. The van der Waals surface area contributed by atoms with Crippen LogP contribution in [0, 0.1) is 18.8 Å². The average Bonchev–Trinajstić information content (AvgIpc) is 3.28. The molecule has 2 aliphatic rings. The number of esters is 1. The van der Waals surface area contributed by atoms with Crippen LogP contribution in [0.3, 0.4) is 0 Å². The van der Waals surface area contributed by atoms with Gasteiger partial charge in [0.1, 0.15) is 5.75 Å². The van der Waals surface area contributed by atoms with Gasteiger partial charge in [0.05, 0.1) is 41.4 Å². The summed E-state index contributed by atoms with van der Waals surface area (Å²) in [6.07, 6.45) is 5.07. The van der Waals surface area contributed by atoms with E-state index in [4.69, 9.17) is 14.5 Å². The van der Waals surface area contributed by atoms with E-state index < -0.39 is 12.6 Å². The normalized spacial score (nSPS) is 17.7. The van der Waals surface area contributed by atoms with Crippen LogP contribution in [-0.4, -0.2) is 42.3 Å².